The first kappa shape index (κ1) is 23.9. The molecule has 0 aliphatic carbocycles. The number of hydrogen-bond donors (Lipinski definition) is 3. The van der Waals surface area contributed by atoms with Gasteiger partial charge in [0.2, 0.25) is 0 Å². The van der Waals surface area contributed by atoms with E-state index in [0.717, 1.165) is 24.8 Å². The van der Waals surface area contributed by atoms with Gasteiger partial charge >= 0.3 is 0 Å². The zero-order valence-electron chi connectivity index (χ0n) is 18.4. The van der Waals surface area contributed by atoms with Crippen LogP contribution in [0.15, 0.2) is 23.0 Å². The van der Waals surface area contributed by atoms with Gasteiger partial charge in [-0.1, -0.05) is 57.2 Å². The minimum Gasteiger partial charge on any atom is -0.495 e. The van der Waals surface area contributed by atoms with Gasteiger partial charge in [-0.15, -0.1) is 0 Å². The Morgan fingerprint density at radius 3 is 2.67 bits per heavy atom. The zero-order valence-corrected chi connectivity index (χ0v) is 19.2. The van der Waals surface area contributed by atoms with E-state index in [9.17, 15) is 4.79 Å². The summed E-state index contributed by atoms with van der Waals surface area (Å²) in [4.78, 5) is 20.2. The first-order valence-corrected chi connectivity index (χ1v) is 11.0. The summed E-state index contributed by atoms with van der Waals surface area (Å²) in [6.07, 6.45) is 7.16. The Kier molecular flexibility index (Phi) is 9.37. The Balaban J connectivity index is 2.27. The molecule has 1 aromatic carbocycles. The predicted molar refractivity (Wildman–Crippen MR) is 125 cm³/mol. The molecule has 30 heavy (non-hydrogen) atoms. The number of H-pyrrole nitrogens is 1. The second-order valence-corrected chi connectivity index (χ2v) is 8.01. The Hall–Kier alpha value is -2.34. The van der Waals surface area contributed by atoms with Crippen molar-refractivity contribution >= 4 is 23.1 Å². The number of halogens is 1. The minimum absolute atomic E-state index is 0.200. The van der Waals surface area contributed by atoms with E-state index in [4.69, 9.17) is 21.7 Å². The van der Waals surface area contributed by atoms with Crippen LogP contribution in [0.25, 0.3) is 0 Å². The lowest BCUT2D eigenvalue weighted by Gasteiger charge is -2.20. The van der Waals surface area contributed by atoms with Crippen LogP contribution in [-0.2, 0) is 6.42 Å². The van der Waals surface area contributed by atoms with Crippen LogP contribution in [0.5, 0.6) is 5.75 Å². The third kappa shape index (κ3) is 6.59. The second-order valence-electron chi connectivity index (χ2n) is 7.61. The van der Waals surface area contributed by atoms with Crippen molar-refractivity contribution in [2.45, 2.75) is 71.8 Å². The molecule has 0 radical (unpaired) electrons. The summed E-state index contributed by atoms with van der Waals surface area (Å²) < 4.78 is 5.19. The number of aromatic amines is 1. The molecule has 0 saturated heterocycles. The van der Waals surface area contributed by atoms with E-state index in [1.54, 1.807) is 20.1 Å². The first-order chi connectivity index (χ1) is 14.4. The van der Waals surface area contributed by atoms with Gasteiger partial charge in [0.25, 0.3) is 5.56 Å². The standard InChI is InChI=1S/C23H33ClN4O2/c1-5-7-8-9-10-17(6-2)26-22-21(15(3)25)23(29)28-20(27-22)14-16-11-12-19(30-4)18(24)13-16/h11-13,17,25H,5-10,14H2,1-4H3,(H2,26,27,28,29). The second kappa shape index (κ2) is 11.7. The lowest BCUT2D eigenvalue weighted by Crippen LogP contribution is -2.27. The van der Waals surface area contributed by atoms with E-state index in [-0.39, 0.29) is 17.3 Å². The van der Waals surface area contributed by atoms with E-state index in [0.29, 0.717) is 34.4 Å². The number of anilines is 1. The van der Waals surface area contributed by atoms with E-state index < -0.39 is 0 Å². The molecule has 164 valence electrons. The molecule has 1 aromatic heterocycles. The van der Waals surface area contributed by atoms with Crippen molar-refractivity contribution in [3.63, 3.8) is 0 Å². The predicted octanol–water partition coefficient (Wildman–Crippen LogP) is 5.57. The maximum atomic E-state index is 12.7. The lowest BCUT2D eigenvalue weighted by atomic mass is 10.0. The molecule has 1 unspecified atom stereocenters. The highest BCUT2D eigenvalue weighted by atomic mass is 35.5. The van der Waals surface area contributed by atoms with Crippen molar-refractivity contribution in [3.8, 4) is 5.75 Å². The fraction of sp³-hybridized carbons (Fsp3) is 0.522. The lowest BCUT2D eigenvalue weighted by molar-refractivity contribution is 0.415. The normalized spacial score (nSPS) is 11.9. The Morgan fingerprint density at radius 1 is 1.30 bits per heavy atom. The molecule has 0 fully saturated rings. The topological polar surface area (TPSA) is 90.9 Å². The largest absolute Gasteiger partial charge is 0.495 e. The molecule has 0 saturated carbocycles. The minimum atomic E-state index is -0.296. The average molecular weight is 433 g/mol. The van der Waals surface area contributed by atoms with Crippen molar-refractivity contribution in [1.29, 1.82) is 5.41 Å². The van der Waals surface area contributed by atoms with Crippen LogP contribution in [0, 0.1) is 5.41 Å². The van der Waals surface area contributed by atoms with Crippen molar-refractivity contribution in [2.75, 3.05) is 12.4 Å². The molecule has 7 heteroatoms. The third-order valence-electron chi connectivity index (χ3n) is 5.17. The van der Waals surface area contributed by atoms with Crippen molar-refractivity contribution in [3.05, 3.63) is 50.5 Å². The molecule has 2 rings (SSSR count). The van der Waals surface area contributed by atoms with Gasteiger partial charge in [0.1, 0.15) is 23.0 Å². The van der Waals surface area contributed by atoms with Crippen LogP contribution in [0.2, 0.25) is 5.02 Å². The summed E-state index contributed by atoms with van der Waals surface area (Å²) in [5.41, 5.74) is 1.13. The van der Waals surface area contributed by atoms with Gasteiger partial charge < -0.3 is 20.4 Å². The first-order valence-electron chi connectivity index (χ1n) is 10.7. The summed E-state index contributed by atoms with van der Waals surface area (Å²) in [6, 6.07) is 5.73. The van der Waals surface area contributed by atoms with Gasteiger partial charge in [-0.2, -0.15) is 0 Å². The average Bonchev–Trinajstić information content (AvgIpc) is 2.69. The van der Waals surface area contributed by atoms with Crippen LogP contribution in [0.4, 0.5) is 5.82 Å². The highest BCUT2D eigenvalue weighted by Gasteiger charge is 2.17. The summed E-state index contributed by atoms with van der Waals surface area (Å²) in [5.74, 6) is 1.63. The zero-order chi connectivity index (χ0) is 22.1. The quantitative estimate of drug-likeness (QED) is 0.302. The molecule has 1 heterocycles. The van der Waals surface area contributed by atoms with Crippen molar-refractivity contribution < 1.29 is 4.74 Å². The summed E-state index contributed by atoms with van der Waals surface area (Å²) >= 11 is 6.23. The van der Waals surface area contributed by atoms with Crippen molar-refractivity contribution in [2.24, 2.45) is 0 Å². The van der Waals surface area contributed by atoms with Gasteiger partial charge in [-0.05, 0) is 37.5 Å². The van der Waals surface area contributed by atoms with Crippen LogP contribution in [-0.4, -0.2) is 28.8 Å². The van der Waals surface area contributed by atoms with Gasteiger partial charge in [0.05, 0.1) is 12.1 Å². The van der Waals surface area contributed by atoms with E-state index >= 15 is 0 Å². The number of aromatic nitrogens is 2. The molecule has 0 amide bonds. The van der Waals surface area contributed by atoms with E-state index in [2.05, 4.69) is 29.1 Å². The molecule has 6 nitrogen and oxygen atoms in total. The van der Waals surface area contributed by atoms with Crippen LogP contribution in [0.1, 0.15) is 76.2 Å². The SMILES string of the molecule is CCCCCCC(CC)Nc1nc(Cc2ccc(OC)c(Cl)c2)[nH]c(=O)c1C(C)=N. The van der Waals surface area contributed by atoms with Crippen LogP contribution < -0.4 is 15.6 Å². The Bertz CT molecular complexity index is 911. The highest BCUT2D eigenvalue weighted by Crippen LogP contribution is 2.26. The number of rotatable bonds is 12. The summed E-state index contributed by atoms with van der Waals surface area (Å²) in [7, 11) is 1.57. The van der Waals surface area contributed by atoms with Crippen molar-refractivity contribution in [1.82, 2.24) is 9.97 Å². The molecular formula is C23H33ClN4O2. The number of ether oxygens (including phenoxy) is 1. The highest BCUT2D eigenvalue weighted by molar-refractivity contribution is 6.32. The van der Waals surface area contributed by atoms with Gasteiger partial charge in [-0.25, -0.2) is 4.98 Å². The summed E-state index contributed by atoms with van der Waals surface area (Å²) in [5, 5.41) is 12.0. The fourth-order valence-corrected chi connectivity index (χ4v) is 3.74. The van der Waals surface area contributed by atoms with E-state index in [1.807, 2.05) is 12.1 Å². The molecule has 0 bridgehead atoms. The number of unbranched alkanes of at least 4 members (excludes halogenated alkanes) is 3. The molecule has 3 N–H and O–H groups in total. The smallest absolute Gasteiger partial charge is 0.262 e. The van der Waals surface area contributed by atoms with Crippen LogP contribution in [0.3, 0.4) is 0 Å². The van der Waals surface area contributed by atoms with E-state index in [1.165, 1.54) is 19.3 Å². The number of nitrogens with zero attached hydrogens (tertiary/aromatic N) is 1. The molecular weight excluding hydrogens is 400 g/mol. The number of methoxy groups -OCH3 is 1. The Labute approximate surface area is 183 Å². The molecule has 0 aliphatic rings. The number of hydrogen-bond acceptors (Lipinski definition) is 5. The maximum absolute atomic E-state index is 12.7. The maximum Gasteiger partial charge on any atom is 0.262 e. The molecule has 2 aromatic rings. The number of benzene rings is 1. The third-order valence-corrected chi connectivity index (χ3v) is 5.47. The van der Waals surface area contributed by atoms with Gasteiger partial charge in [-0.3, -0.25) is 4.79 Å². The summed E-state index contributed by atoms with van der Waals surface area (Å²) in [6.45, 7) is 5.94. The van der Waals surface area contributed by atoms with Crippen LogP contribution >= 0.6 is 11.6 Å². The number of nitrogens with one attached hydrogen (secondary N) is 3. The molecule has 0 spiro atoms. The molecule has 1 atom stereocenters. The Morgan fingerprint density at radius 2 is 2.07 bits per heavy atom. The van der Waals surface area contributed by atoms with Gasteiger partial charge in [0.15, 0.2) is 0 Å². The monoisotopic (exact) mass is 432 g/mol. The molecule has 0 aliphatic heterocycles. The fourth-order valence-electron chi connectivity index (χ4n) is 3.46. The van der Waals surface area contributed by atoms with Gasteiger partial charge in [0, 0.05) is 18.2 Å².